The van der Waals surface area contributed by atoms with Crippen LogP contribution in [0.1, 0.15) is 25.3 Å². The van der Waals surface area contributed by atoms with Gasteiger partial charge in [-0.2, -0.15) is 0 Å². The predicted molar refractivity (Wildman–Crippen MR) is 81.5 cm³/mol. The van der Waals surface area contributed by atoms with Gasteiger partial charge in [0.1, 0.15) is 0 Å². The Labute approximate surface area is 128 Å². The zero-order valence-electron chi connectivity index (χ0n) is 12.8. The van der Waals surface area contributed by atoms with Gasteiger partial charge >= 0.3 is 0 Å². The molecule has 0 atom stereocenters. The first kappa shape index (κ1) is 16.2. The zero-order chi connectivity index (χ0) is 16.3. The van der Waals surface area contributed by atoms with Crippen molar-refractivity contribution in [1.82, 2.24) is 4.90 Å². The van der Waals surface area contributed by atoms with Gasteiger partial charge < -0.3 is 9.80 Å². The molecule has 1 aliphatic rings. The maximum Gasteiger partial charge on any atom is 0.275 e. The van der Waals surface area contributed by atoms with E-state index in [1.54, 1.807) is 11.8 Å². The zero-order valence-corrected chi connectivity index (χ0v) is 12.8. The second-order valence-electron chi connectivity index (χ2n) is 5.47. The summed E-state index contributed by atoms with van der Waals surface area (Å²) in [6, 6.07) is 2.48. The van der Waals surface area contributed by atoms with Crippen LogP contribution in [0.15, 0.2) is 12.1 Å². The number of halogens is 1. The van der Waals surface area contributed by atoms with Crippen LogP contribution in [0.25, 0.3) is 0 Å². The fourth-order valence-corrected chi connectivity index (χ4v) is 2.66. The molecule has 0 unspecified atom stereocenters. The third kappa shape index (κ3) is 3.35. The highest BCUT2D eigenvalue weighted by Crippen LogP contribution is 2.28. The Hall–Kier alpha value is -2.18. The van der Waals surface area contributed by atoms with Gasteiger partial charge in [0.15, 0.2) is 5.82 Å². The molecule has 6 nitrogen and oxygen atoms in total. The molecule has 7 heteroatoms. The molecule has 1 fully saturated rings. The van der Waals surface area contributed by atoms with Crippen LogP contribution in [-0.2, 0) is 4.79 Å². The number of aryl methyl sites for hydroxylation is 1. The van der Waals surface area contributed by atoms with E-state index in [0.717, 1.165) is 12.5 Å². The van der Waals surface area contributed by atoms with Gasteiger partial charge in [0, 0.05) is 38.2 Å². The molecule has 1 amide bonds. The van der Waals surface area contributed by atoms with Crippen molar-refractivity contribution in [3.8, 4) is 0 Å². The summed E-state index contributed by atoms with van der Waals surface area (Å²) in [5.41, 5.74) is 0.592. The summed E-state index contributed by atoms with van der Waals surface area (Å²) < 4.78 is 14.1. The van der Waals surface area contributed by atoms with Gasteiger partial charge in [-0.25, -0.2) is 4.39 Å². The van der Waals surface area contributed by atoms with Gasteiger partial charge in [0.05, 0.1) is 16.7 Å². The highest BCUT2D eigenvalue weighted by Gasteiger charge is 2.24. The van der Waals surface area contributed by atoms with Crippen LogP contribution in [-0.4, -0.2) is 41.9 Å². The van der Waals surface area contributed by atoms with Crippen LogP contribution < -0.4 is 4.90 Å². The van der Waals surface area contributed by atoms with E-state index >= 15 is 0 Å². The molecule has 22 heavy (non-hydrogen) atoms. The van der Waals surface area contributed by atoms with Crippen LogP contribution >= 0.6 is 0 Å². The number of benzene rings is 1. The number of nitro benzene ring substituents is 1. The first-order chi connectivity index (χ1) is 10.4. The van der Waals surface area contributed by atoms with Gasteiger partial charge in [-0.3, -0.25) is 14.9 Å². The maximum absolute atomic E-state index is 14.1. The quantitative estimate of drug-likeness (QED) is 0.633. The summed E-state index contributed by atoms with van der Waals surface area (Å²) >= 11 is 0. The summed E-state index contributed by atoms with van der Waals surface area (Å²) in [7, 11) is 0. The minimum absolute atomic E-state index is 0.127. The Kier molecular flexibility index (Phi) is 4.95. The maximum atomic E-state index is 14.1. The number of nitro groups is 1. The lowest BCUT2D eigenvalue weighted by Crippen LogP contribution is -2.49. The number of rotatable bonds is 4. The summed E-state index contributed by atoms with van der Waals surface area (Å²) in [6.45, 7) is 5.72. The average molecular weight is 309 g/mol. The van der Waals surface area contributed by atoms with Gasteiger partial charge in [0.2, 0.25) is 5.91 Å². The number of amides is 1. The van der Waals surface area contributed by atoms with Crippen molar-refractivity contribution in [2.75, 3.05) is 31.1 Å². The van der Waals surface area contributed by atoms with Gasteiger partial charge in [-0.1, -0.05) is 6.92 Å². The van der Waals surface area contributed by atoms with Gasteiger partial charge in [-0.15, -0.1) is 0 Å². The second kappa shape index (κ2) is 6.72. The van der Waals surface area contributed by atoms with Crippen molar-refractivity contribution in [2.45, 2.75) is 26.7 Å². The molecule has 1 aromatic carbocycles. The number of carbonyl (C=O) groups excluding carboxylic acids is 1. The molecule has 0 aliphatic carbocycles. The molecular weight excluding hydrogens is 289 g/mol. The Morgan fingerprint density at radius 3 is 2.50 bits per heavy atom. The van der Waals surface area contributed by atoms with E-state index in [4.69, 9.17) is 0 Å². The Balaban J connectivity index is 2.10. The molecule has 1 saturated heterocycles. The Morgan fingerprint density at radius 2 is 1.95 bits per heavy atom. The standard InChI is InChI=1S/C15H20FN3O3/c1-3-4-15(20)18-7-5-17(6-8-18)14-9-11(2)13(19(21)22)10-12(14)16/h9-10H,3-8H2,1-2H3. The molecule has 0 N–H and O–H groups in total. The van der Waals surface area contributed by atoms with Crippen LogP contribution in [0, 0.1) is 22.9 Å². The predicted octanol–water partition coefficient (Wildman–Crippen LogP) is 2.49. The normalized spacial score (nSPS) is 15.0. The second-order valence-corrected chi connectivity index (χ2v) is 5.47. The van der Waals surface area contributed by atoms with E-state index < -0.39 is 10.7 Å². The molecule has 0 saturated carbocycles. The summed E-state index contributed by atoms with van der Waals surface area (Å²) in [4.78, 5) is 25.7. The van der Waals surface area contributed by atoms with Crippen molar-refractivity contribution in [2.24, 2.45) is 0 Å². The summed E-state index contributed by atoms with van der Waals surface area (Å²) in [6.07, 6.45) is 1.35. The van der Waals surface area contributed by atoms with E-state index in [1.807, 2.05) is 11.8 Å². The molecule has 0 spiro atoms. The molecule has 1 heterocycles. The number of piperazine rings is 1. The van der Waals surface area contributed by atoms with Crippen LogP contribution in [0.5, 0.6) is 0 Å². The van der Waals surface area contributed by atoms with E-state index in [9.17, 15) is 19.3 Å². The molecule has 1 aromatic rings. The fraction of sp³-hybridized carbons (Fsp3) is 0.533. The summed E-state index contributed by atoms with van der Waals surface area (Å²) in [5, 5.41) is 10.8. The molecular formula is C15H20FN3O3. The minimum Gasteiger partial charge on any atom is -0.366 e. The van der Waals surface area contributed by atoms with Crippen molar-refractivity contribution in [3.63, 3.8) is 0 Å². The topological polar surface area (TPSA) is 66.7 Å². The van der Waals surface area contributed by atoms with E-state index in [-0.39, 0.29) is 11.6 Å². The minimum atomic E-state index is -0.592. The number of hydrogen-bond donors (Lipinski definition) is 0. The largest absolute Gasteiger partial charge is 0.366 e. The van der Waals surface area contributed by atoms with Crippen LogP contribution in [0.3, 0.4) is 0 Å². The van der Waals surface area contributed by atoms with Crippen molar-refractivity contribution in [1.29, 1.82) is 0 Å². The van der Waals surface area contributed by atoms with Crippen molar-refractivity contribution < 1.29 is 14.1 Å². The molecule has 0 aromatic heterocycles. The molecule has 1 aliphatic heterocycles. The van der Waals surface area contributed by atoms with Crippen molar-refractivity contribution >= 4 is 17.3 Å². The van der Waals surface area contributed by atoms with E-state index in [0.29, 0.717) is 43.9 Å². The molecule has 120 valence electrons. The van der Waals surface area contributed by atoms with E-state index in [2.05, 4.69) is 0 Å². The van der Waals surface area contributed by atoms with Gasteiger partial charge in [-0.05, 0) is 19.4 Å². The summed E-state index contributed by atoms with van der Waals surface area (Å²) in [5.74, 6) is -0.465. The fourth-order valence-electron chi connectivity index (χ4n) is 2.66. The Morgan fingerprint density at radius 1 is 1.32 bits per heavy atom. The monoisotopic (exact) mass is 309 g/mol. The first-order valence-corrected chi connectivity index (χ1v) is 7.41. The highest BCUT2D eigenvalue weighted by molar-refractivity contribution is 5.76. The van der Waals surface area contributed by atoms with Crippen LogP contribution in [0.4, 0.5) is 15.8 Å². The lowest BCUT2D eigenvalue weighted by molar-refractivity contribution is -0.385. The number of nitrogens with zero attached hydrogens (tertiary/aromatic N) is 3. The smallest absolute Gasteiger partial charge is 0.275 e. The van der Waals surface area contributed by atoms with Crippen LogP contribution in [0.2, 0.25) is 0 Å². The first-order valence-electron chi connectivity index (χ1n) is 7.41. The Bertz CT molecular complexity index is 584. The third-order valence-electron chi connectivity index (χ3n) is 3.90. The SMILES string of the molecule is CCCC(=O)N1CCN(c2cc(C)c([N+](=O)[O-])cc2F)CC1. The molecule has 2 rings (SSSR count). The number of hydrogen-bond acceptors (Lipinski definition) is 4. The van der Waals surface area contributed by atoms with Gasteiger partial charge in [0.25, 0.3) is 5.69 Å². The lowest BCUT2D eigenvalue weighted by Gasteiger charge is -2.36. The highest BCUT2D eigenvalue weighted by atomic mass is 19.1. The third-order valence-corrected chi connectivity index (χ3v) is 3.90. The lowest BCUT2D eigenvalue weighted by atomic mass is 10.1. The average Bonchev–Trinajstić information content (AvgIpc) is 2.49. The van der Waals surface area contributed by atoms with E-state index in [1.165, 1.54) is 6.07 Å². The number of anilines is 1. The number of carbonyl (C=O) groups is 1. The van der Waals surface area contributed by atoms with Crippen molar-refractivity contribution in [3.05, 3.63) is 33.6 Å². The molecule has 0 bridgehead atoms. The molecule has 0 radical (unpaired) electrons.